The zero-order valence-electron chi connectivity index (χ0n) is 69.0. The van der Waals surface area contributed by atoms with Gasteiger partial charge in [0, 0.05) is 82.3 Å². The highest BCUT2D eigenvalue weighted by atomic mass is 15.0. The molecule has 0 atom stereocenters. The number of hydrogen-bond acceptors (Lipinski definition) is 0. The Kier molecular flexibility index (Phi) is 19.5. The molecule has 0 aliphatic carbocycles. The summed E-state index contributed by atoms with van der Waals surface area (Å²) in [6.45, 7) is 8.60. The number of benzene rings is 19. The SMILES string of the molecule is Cc1cccc(-c2cc(-n3c4ccccc4c4ccccc43)cc(-n3c4ccccc4c4ccccc43)c2)c1.Cc1cccc(-c2ccc3c(c2)c2ccccc2n3-c2ccccc2)c1.Cc1cccc(-c2ccc3c4ccccc4n(-c4ccccc4)c3c2)c1.Cc1cccc(-n2c3ccc(-c4ccccc4)cc3c3cc(-c4ccccc4)ccc32)c1. The number of hydrogen-bond donors (Lipinski definition) is 0. The lowest BCUT2D eigenvalue weighted by molar-refractivity contribution is 1.13. The van der Waals surface area contributed by atoms with Gasteiger partial charge in [-0.1, -0.05) is 338 Å². The average Bonchev–Trinajstić information content (AvgIpc) is 1.67. The standard InChI is InChI=1S/C37H26N2.C31H23N.2C25H19N/c1-25-11-10-12-26(21-25)27-22-28(38-34-17-6-2-13-30(34)31-14-3-7-18-35(31)38)24-29(23-27)39-36-19-8-4-15-32(36)33-16-5-9-20-37(33)39;1-22-9-8-14-27(19-22)32-30-17-15-25(23-10-4-2-5-11-23)20-28(30)29-21-26(16-18-31(29)32)24-12-6-3-7-13-24;1-18-8-7-9-19(16-18)20-14-15-25-23(17-20)22-12-5-6-13-24(22)26(25)21-10-3-2-4-11-21;1-18-8-7-9-19(16-18)20-14-15-23-22-12-5-6-13-24(22)26(25(23)17-20)21-10-3-2-4-11-21/h2-24H,1H3;2-21H,1H3;2*2-17H,1H3. The first-order chi connectivity index (χ1) is 60.7. The number of rotatable bonds is 10. The highest BCUT2D eigenvalue weighted by molar-refractivity contribution is 6.15. The summed E-state index contributed by atoms with van der Waals surface area (Å²) >= 11 is 0. The summed E-state index contributed by atoms with van der Waals surface area (Å²) in [5.41, 5.74) is 35.7. The molecule has 5 heterocycles. The van der Waals surface area contributed by atoms with Gasteiger partial charge in [-0.3, -0.25) is 0 Å². The second-order valence-corrected chi connectivity index (χ2v) is 32.3. The molecule has 19 aromatic carbocycles. The van der Waals surface area contributed by atoms with Gasteiger partial charge in [0.2, 0.25) is 0 Å². The molecule has 0 unspecified atom stereocenters. The summed E-state index contributed by atoms with van der Waals surface area (Å²) < 4.78 is 11.9. The minimum absolute atomic E-state index is 1.16. The second-order valence-electron chi connectivity index (χ2n) is 32.3. The fraction of sp³-hybridized carbons (Fsp3) is 0.0339. The summed E-state index contributed by atoms with van der Waals surface area (Å²) in [5, 5.41) is 12.8. The van der Waals surface area contributed by atoms with E-state index in [1.165, 1.54) is 204 Å². The monoisotopic (exact) mass is 1570 g/mol. The largest absolute Gasteiger partial charge is 0.309 e. The Hall–Kier alpha value is -15.8. The van der Waals surface area contributed by atoms with Gasteiger partial charge in [0.05, 0.1) is 55.2 Å². The van der Waals surface area contributed by atoms with Gasteiger partial charge in [-0.15, -0.1) is 0 Å². The molecule has 0 bridgehead atoms. The van der Waals surface area contributed by atoms with Crippen LogP contribution < -0.4 is 0 Å². The second kappa shape index (κ2) is 32.1. The molecule has 5 aromatic heterocycles. The fourth-order valence-electron chi connectivity index (χ4n) is 18.6. The van der Waals surface area contributed by atoms with E-state index in [2.05, 4.69) is 506 Å². The summed E-state index contributed by atoms with van der Waals surface area (Å²) in [6.07, 6.45) is 0. The first kappa shape index (κ1) is 74.7. The molecular weight excluding hydrogens is 1490 g/mol. The van der Waals surface area contributed by atoms with Crippen LogP contribution in [0, 0.1) is 27.7 Å². The Labute approximate surface area is 716 Å². The number of aryl methyl sites for hydroxylation is 4. The molecular formula is C118H87N5. The van der Waals surface area contributed by atoms with E-state index in [9.17, 15) is 0 Å². The van der Waals surface area contributed by atoms with Crippen molar-refractivity contribution in [3.05, 3.63) is 477 Å². The molecule has 123 heavy (non-hydrogen) atoms. The van der Waals surface area contributed by atoms with Crippen molar-refractivity contribution in [1.29, 1.82) is 0 Å². The highest BCUT2D eigenvalue weighted by Crippen LogP contribution is 2.43. The third-order valence-corrected chi connectivity index (χ3v) is 24.2. The van der Waals surface area contributed by atoms with Crippen molar-refractivity contribution >= 4 is 109 Å². The number of nitrogens with zero attached hydrogens (tertiary/aromatic N) is 5. The molecule has 24 rings (SSSR count). The summed E-state index contributed by atoms with van der Waals surface area (Å²) in [5.74, 6) is 0. The van der Waals surface area contributed by atoms with E-state index < -0.39 is 0 Å². The van der Waals surface area contributed by atoms with Gasteiger partial charge in [0.25, 0.3) is 0 Å². The van der Waals surface area contributed by atoms with Crippen LogP contribution in [0.1, 0.15) is 22.3 Å². The lowest BCUT2D eigenvalue weighted by atomic mass is 10.0. The lowest BCUT2D eigenvalue weighted by Gasteiger charge is -2.16. The van der Waals surface area contributed by atoms with Crippen molar-refractivity contribution in [2.75, 3.05) is 0 Å². The molecule has 0 amide bonds. The van der Waals surface area contributed by atoms with Crippen LogP contribution in [0.25, 0.3) is 193 Å². The maximum atomic E-state index is 2.42. The normalized spacial score (nSPS) is 11.4. The number of para-hydroxylation sites is 8. The quantitative estimate of drug-likeness (QED) is 0.130. The van der Waals surface area contributed by atoms with Gasteiger partial charge in [-0.25, -0.2) is 0 Å². The minimum atomic E-state index is 1.16. The van der Waals surface area contributed by atoms with Crippen LogP contribution in [-0.2, 0) is 0 Å². The minimum Gasteiger partial charge on any atom is -0.309 e. The molecule has 0 radical (unpaired) electrons. The summed E-state index contributed by atoms with van der Waals surface area (Å²) in [4.78, 5) is 0. The molecule has 24 aromatic rings. The van der Waals surface area contributed by atoms with Crippen LogP contribution in [0.4, 0.5) is 0 Å². The predicted octanol–water partition coefficient (Wildman–Crippen LogP) is 31.8. The van der Waals surface area contributed by atoms with Crippen LogP contribution >= 0.6 is 0 Å². The smallest absolute Gasteiger partial charge is 0.0547 e. The highest BCUT2D eigenvalue weighted by Gasteiger charge is 2.21. The molecule has 0 fully saturated rings. The maximum Gasteiger partial charge on any atom is 0.0547 e. The summed E-state index contributed by atoms with van der Waals surface area (Å²) in [6, 6.07) is 164. The number of fused-ring (bicyclic) bond motifs is 15. The van der Waals surface area contributed by atoms with Crippen molar-refractivity contribution in [1.82, 2.24) is 22.8 Å². The van der Waals surface area contributed by atoms with Gasteiger partial charge in [0.1, 0.15) is 0 Å². The van der Waals surface area contributed by atoms with Crippen LogP contribution in [0.15, 0.2) is 455 Å². The van der Waals surface area contributed by atoms with E-state index in [-0.39, 0.29) is 0 Å². The Morgan fingerprint density at radius 3 is 0.724 bits per heavy atom. The molecule has 0 saturated carbocycles. The third kappa shape index (κ3) is 14.1. The average molecular weight is 1580 g/mol. The molecule has 584 valence electrons. The van der Waals surface area contributed by atoms with E-state index in [1.807, 2.05) is 0 Å². The molecule has 5 nitrogen and oxygen atoms in total. The van der Waals surface area contributed by atoms with Gasteiger partial charge >= 0.3 is 0 Å². The maximum absolute atomic E-state index is 2.42. The van der Waals surface area contributed by atoms with Gasteiger partial charge in [-0.05, 0) is 222 Å². The van der Waals surface area contributed by atoms with Crippen LogP contribution in [0.5, 0.6) is 0 Å². The van der Waals surface area contributed by atoms with Crippen LogP contribution in [0.2, 0.25) is 0 Å². The fourth-order valence-corrected chi connectivity index (χ4v) is 18.6. The van der Waals surface area contributed by atoms with Gasteiger partial charge in [-0.2, -0.15) is 0 Å². The van der Waals surface area contributed by atoms with E-state index in [0.29, 0.717) is 0 Å². The molecule has 5 heteroatoms. The van der Waals surface area contributed by atoms with Crippen molar-refractivity contribution in [3.63, 3.8) is 0 Å². The Balaban J connectivity index is 0.000000102. The first-order valence-corrected chi connectivity index (χ1v) is 42.4. The van der Waals surface area contributed by atoms with Crippen molar-refractivity contribution in [3.8, 4) is 84.1 Å². The Morgan fingerprint density at radius 1 is 0.114 bits per heavy atom. The lowest BCUT2D eigenvalue weighted by Crippen LogP contribution is -2.00. The summed E-state index contributed by atoms with van der Waals surface area (Å²) in [7, 11) is 0. The Bertz CT molecular complexity index is 7750. The molecule has 0 aliphatic rings. The van der Waals surface area contributed by atoms with Gasteiger partial charge < -0.3 is 22.8 Å². The first-order valence-electron chi connectivity index (χ1n) is 42.4. The molecule has 0 aliphatic heterocycles. The van der Waals surface area contributed by atoms with E-state index in [0.717, 1.165) is 11.4 Å². The number of aromatic nitrogens is 5. The van der Waals surface area contributed by atoms with Crippen LogP contribution in [0.3, 0.4) is 0 Å². The van der Waals surface area contributed by atoms with E-state index in [4.69, 9.17) is 0 Å². The Morgan fingerprint density at radius 2 is 0.350 bits per heavy atom. The van der Waals surface area contributed by atoms with E-state index >= 15 is 0 Å². The molecule has 0 saturated heterocycles. The van der Waals surface area contributed by atoms with Gasteiger partial charge in [0.15, 0.2) is 0 Å². The predicted molar refractivity (Wildman–Crippen MR) is 524 cm³/mol. The van der Waals surface area contributed by atoms with Crippen molar-refractivity contribution < 1.29 is 0 Å². The molecule has 0 N–H and O–H groups in total. The zero-order chi connectivity index (χ0) is 82.4. The van der Waals surface area contributed by atoms with E-state index in [1.54, 1.807) is 0 Å². The van der Waals surface area contributed by atoms with Crippen molar-refractivity contribution in [2.24, 2.45) is 0 Å². The topological polar surface area (TPSA) is 24.6 Å². The zero-order valence-corrected chi connectivity index (χ0v) is 69.0. The molecule has 0 spiro atoms. The van der Waals surface area contributed by atoms with Crippen LogP contribution in [-0.4, -0.2) is 22.8 Å². The van der Waals surface area contributed by atoms with Crippen molar-refractivity contribution in [2.45, 2.75) is 27.7 Å². The third-order valence-electron chi connectivity index (χ3n) is 24.2.